The van der Waals surface area contributed by atoms with Crippen LogP contribution in [0.4, 0.5) is 17.6 Å². The lowest BCUT2D eigenvalue weighted by Gasteiger charge is -2.15. The van der Waals surface area contributed by atoms with Gasteiger partial charge in [0.2, 0.25) is 0 Å². The van der Waals surface area contributed by atoms with Crippen molar-refractivity contribution in [2.45, 2.75) is 32.7 Å². The van der Waals surface area contributed by atoms with E-state index >= 15 is 0 Å². The first-order valence-corrected chi connectivity index (χ1v) is 4.90. The number of hydrogen-bond donors (Lipinski definition) is 0. The fourth-order valence-electron chi connectivity index (χ4n) is 1.10. The summed E-state index contributed by atoms with van der Waals surface area (Å²) in [5.74, 6) is -4.05. The molecule has 0 saturated heterocycles. The van der Waals surface area contributed by atoms with Gasteiger partial charge in [-0.05, 0) is 29.8 Å². The Morgan fingerprint density at radius 2 is 1.93 bits per heavy atom. The molecule has 15 heavy (non-hydrogen) atoms. The zero-order valence-corrected chi connectivity index (χ0v) is 9.65. The molecule has 86 valence electrons. The number of hydrogen-bond acceptors (Lipinski definition) is 1. The molecule has 1 heterocycles. The van der Waals surface area contributed by atoms with Crippen LogP contribution in [0.5, 0.6) is 0 Å². The maximum atomic E-state index is 12.7. The van der Waals surface area contributed by atoms with Gasteiger partial charge in [0, 0.05) is 0 Å². The summed E-state index contributed by atoms with van der Waals surface area (Å²) >= 11 is 3.13. The lowest BCUT2D eigenvalue weighted by atomic mass is 10.3. The second kappa shape index (κ2) is 4.11. The highest BCUT2D eigenvalue weighted by Crippen LogP contribution is 2.27. The van der Waals surface area contributed by atoms with Crippen molar-refractivity contribution < 1.29 is 17.6 Å². The largest absolute Gasteiger partial charge is 0.326 e. The highest BCUT2D eigenvalue weighted by molar-refractivity contribution is 9.10. The highest BCUT2D eigenvalue weighted by Gasteiger charge is 2.41. The van der Waals surface area contributed by atoms with Gasteiger partial charge < -0.3 is 0 Å². The second-order valence-corrected chi connectivity index (χ2v) is 4.00. The molecule has 0 aromatic carbocycles. The standard InChI is InChI=1S/C8H9BrF4N2/c1-4-6(9)5(2)15(14-4)3-8(12,13)7(10)11/h7H,3H2,1-2H3. The van der Waals surface area contributed by atoms with Gasteiger partial charge in [-0.2, -0.15) is 13.9 Å². The van der Waals surface area contributed by atoms with E-state index in [1.54, 1.807) is 6.92 Å². The van der Waals surface area contributed by atoms with Crippen LogP contribution in [0.25, 0.3) is 0 Å². The van der Waals surface area contributed by atoms with Crippen molar-refractivity contribution in [3.8, 4) is 0 Å². The van der Waals surface area contributed by atoms with E-state index in [4.69, 9.17) is 0 Å². The Morgan fingerprint density at radius 3 is 2.27 bits per heavy atom. The molecule has 0 bridgehead atoms. The SMILES string of the molecule is Cc1nn(CC(F)(F)C(F)F)c(C)c1Br. The zero-order chi connectivity index (χ0) is 11.8. The minimum Gasteiger partial charge on any atom is -0.262 e. The maximum absolute atomic E-state index is 12.7. The molecule has 0 amide bonds. The van der Waals surface area contributed by atoms with Crippen molar-refractivity contribution >= 4 is 15.9 Å². The minimum atomic E-state index is -4.05. The molecule has 0 atom stereocenters. The monoisotopic (exact) mass is 288 g/mol. The summed E-state index contributed by atoms with van der Waals surface area (Å²) in [6.07, 6.45) is -3.68. The molecule has 0 aliphatic heterocycles. The molecule has 7 heteroatoms. The molecule has 0 unspecified atom stereocenters. The van der Waals surface area contributed by atoms with E-state index < -0.39 is 18.9 Å². The van der Waals surface area contributed by atoms with Crippen LogP contribution in [0.2, 0.25) is 0 Å². The molecule has 0 radical (unpaired) electrons. The molecule has 0 saturated carbocycles. The summed E-state index contributed by atoms with van der Waals surface area (Å²) < 4.78 is 50.8. The average molecular weight is 289 g/mol. The van der Waals surface area contributed by atoms with Crippen LogP contribution in [0.3, 0.4) is 0 Å². The van der Waals surface area contributed by atoms with E-state index in [0.717, 1.165) is 4.68 Å². The van der Waals surface area contributed by atoms with Crippen LogP contribution in [0, 0.1) is 13.8 Å². The van der Waals surface area contributed by atoms with Crippen LogP contribution in [0.15, 0.2) is 4.47 Å². The summed E-state index contributed by atoms with van der Waals surface area (Å²) in [4.78, 5) is 0. The van der Waals surface area contributed by atoms with Gasteiger partial charge >= 0.3 is 12.3 Å². The first-order chi connectivity index (χ1) is 6.75. The molecule has 2 nitrogen and oxygen atoms in total. The van der Waals surface area contributed by atoms with Crippen LogP contribution >= 0.6 is 15.9 Å². The third-order valence-corrected chi connectivity index (χ3v) is 3.12. The van der Waals surface area contributed by atoms with Crippen molar-refractivity contribution in [3.63, 3.8) is 0 Å². The van der Waals surface area contributed by atoms with Crippen LogP contribution in [-0.2, 0) is 6.54 Å². The number of nitrogens with zero attached hydrogens (tertiary/aromatic N) is 2. The molecule has 0 spiro atoms. The quantitative estimate of drug-likeness (QED) is 0.781. The van der Waals surface area contributed by atoms with E-state index in [1.807, 2.05) is 0 Å². The lowest BCUT2D eigenvalue weighted by Crippen LogP contribution is -2.32. The van der Waals surface area contributed by atoms with E-state index in [9.17, 15) is 17.6 Å². The maximum Gasteiger partial charge on any atom is 0.326 e. The normalized spacial score (nSPS) is 12.5. The van der Waals surface area contributed by atoms with Crippen molar-refractivity contribution in [1.29, 1.82) is 0 Å². The highest BCUT2D eigenvalue weighted by atomic mass is 79.9. The molecule has 0 fully saturated rings. The van der Waals surface area contributed by atoms with E-state index in [0.29, 0.717) is 15.9 Å². The molecule has 1 aromatic heterocycles. The van der Waals surface area contributed by atoms with Gasteiger partial charge in [0.05, 0.1) is 15.9 Å². The second-order valence-electron chi connectivity index (χ2n) is 3.20. The fraction of sp³-hybridized carbons (Fsp3) is 0.625. The number of alkyl halides is 4. The van der Waals surface area contributed by atoms with E-state index in [-0.39, 0.29) is 0 Å². The van der Waals surface area contributed by atoms with E-state index in [1.165, 1.54) is 6.92 Å². The molecule has 1 rings (SSSR count). The Morgan fingerprint density at radius 1 is 1.40 bits per heavy atom. The Labute approximate surface area is 92.4 Å². The number of rotatable bonds is 3. The predicted octanol–water partition coefficient (Wildman–Crippen LogP) is 3.16. The van der Waals surface area contributed by atoms with Gasteiger partial charge in [-0.3, -0.25) is 4.68 Å². The van der Waals surface area contributed by atoms with Crippen LogP contribution in [-0.4, -0.2) is 22.1 Å². The third kappa shape index (κ3) is 2.50. The van der Waals surface area contributed by atoms with Gasteiger partial charge in [0.15, 0.2) is 0 Å². The Kier molecular flexibility index (Phi) is 3.42. The van der Waals surface area contributed by atoms with Gasteiger partial charge in [-0.25, -0.2) is 8.78 Å². The molecular weight excluding hydrogens is 280 g/mol. The summed E-state index contributed by atoms with van der Waals surface area (Å²) in [5, 5.41) is 3.73. The molecule has 0 aliphatic carbocycles. The molecule has 0 N–H and O–H groups in total. The summed E-state index contributed by atoms with van der Waals surface area (Å²) in [6.45, 7) is 2.03. The van der Waals surface area contributed by atoms with Gasteiger partial charge in [-0.15, -0.1) is 0 Å². The van der Waals surface area contributed by atoms with Crippen molar-refractivity contribution in [2.75, 3.05) is 0 Å². The smallest absolute Gasteiger partial charge is 0.262 e. The number of aryl methyl sites for hydroxylation is 1. The predicted molar refractivity (Wildman–Crippen MR) is 50.4 cm³/mol. The Bertz CT molecular complexity index is 362. The molecule has 1 aromatic rings. The van der Waals surface area contributed by atoms with Gasteiger partial charge in [0.1, 0.15) is 6.54 Å². The van der Waals surface area contributed by atoms with E-state index in [2.05, 4.69) is 21.0 Å². The first-order valence-electron chi connectivity index (χ1n) is 4.11. The first kappa shape index (κ1) is 12.5. The molecule has 0 aliphatic rings. The third-order valence-electron chi connectivity index (χ3n) is 1.97. The summed E-state index contributed by atoms with van der Waals surface area (Å²) in [5.41, 5.74) is 0.908. The van der Waals surface area contributed by atoms with Crippen molar-refractivity contribution in [1.82, 2.24) is 9.78 Å². The topological polar surface area (TPSA) is 17.8 Å². The lowest BCUT2D eigenvalue weighted by molar-refractivity contribution is -0.139. The number of halogens is 5. The average Bonchev–Trinajstić information content (AvgIpc) is 2.33. The minimum absolute atomic E-state index is 0.410. The van der Waals surface area contributed by atoms with Crippen molar-refractivity contribution in [3.05, 3.63) is 15.9 Å². The van der Waals surface area contributed by atoms with Crippen molar-refractivity contribution in [2.24, 2.45) is 0 Å². The Balaban J connectivity index is 2.95. The molecular formula is C8H9BrF4N2. The number of aromatic nitrogens is 2. The summed E-state index contributed by atoms with van der Waals surface area (Å²) in [7, 11) is 0. The van der Waals surface area contributed by atoms with Gasteiger partial charge in [0.25, 0.3) is 0 Å². The van der Waals surface area contributed by atoms with Crippen LogP contribution in [0.1, 0.15) is 11.4 Å². The Hall–Kier alpha value is -0.590. The zero-order valence-electron chi connectivity index (χ0n) is 8.07. The van der Waals surface area contributed by atoms with Gasteiger partial charge in [-0.1, -0.05) is 0 Å². The van der Waals surface area contributed by atoms with Crippen LogP contribution < -0.4 is 0 Å². The fourth-order valence-corrected chi connectivity index (χ4v) is 1.38. The summed E-state index contributed by atoms with van der Waals surface area (Å²) in [6, 6.07) is 0.